The summed E-state index contributed by atoms with van der Waals surface area (Å²) >= 11 is 5.89. The van der Waals surface area contributed by atoms with Gasteiger partial charge in [0.2, 0.25) is 10.0 Å². The van der Waals surface area contributed by atoms with E-state index in [0.29, 0.717) is 11.6 Å². The van der Waals surface area contributed by atoms with Crippen LogP contribution in [0.15, 0.2) is 42.5 Å². The molecular weight excluding hydrogens is 344 g/mol. The Morgan fingerprint density at radius 1 is 1.00 bits per heavy atom. The number of benzene rings is 2. The van der Waals surface area contributed by atoms with Gasteiger partial charge in [-0.2, -0.15) is 0 Å². The average Bonchev–Trinajstić information content (AvgIpc) is 2.57. The van der Waals surface area contributed by atoms with Crippen molar-refractivity contribution in [2.75, 3.05) is 28.8 Å². The lowest BCUT2D eigenvalue weighted by Crippen LogP contribution is -2.46. The fraction of sp³-hybridized carbons (Fsp3) is 0.333. The van der Waals surface area contributed by atoms with Crippen LogP contribution in [0, 0.1) is 0 Å². The molecule has 0 aliphatic carbocycles. The maximum absolute atomic E-state index is 13.0. The van der Waals surface area contributed by atoms with E-state index in [1.165, 1.54) is 5.56 Å². The lowest BCUT2D eigenvalue weighted by atomic mass is 9.99. The highest BCUT2D eigenvalue weighted by Crippen LogP contribution is 2.40. The molecule has 4 nitrogen and oxygen atoms in total. The van der Waals surface area contributed by atoms with Gasteiger partial charge < -0.3 is 4.90 Å². The fourth-order valence-electron chi connectivity index (χ4n) is 3.63. The largest absolute Gasteiger partial charge is 0.368 e. The zero-order chi connectivity index (χ0) is 16.7. The van der Waals surface area contributed by atoms with Crippen molar-refractivity contribution in [3.63, 3.8) is 0 Å². The van der Waals surface area contributed by atoms with E-state index in [1.807, 2.05) is 12.1 Å². The van der Waals surface area contributed by atoms with Gasteiger partial charge in [-0.1, -0.05) is 35.9 Å². The van der Waals surface area contributed by atoms with Gasteiger partial charge in [-0.25, -0.2) is 8.42 Å². The Morgan fingerprint density at radius 3 is 2.58 bits per heavy atom. The van der Waals surface area contributed by atoms with Crippen LogP contribution in [0.25, 0.3) is 0 Å². The maximum Gasteiger partial charge on any atom is 0.239 e. The second kappa shape index (κ2) is 5.97. The minimum atomic E-state index is -3.42. The van der Waals surface area contributed by atoms with E-state index in [-0.39, 0.29) is 5.75 Å². The first-order chi connectivity index (χ1) is 11.5. The number of nitrogens with zero attached hydrogens (tertiary/aromatic N) is 2. The van der Waals surface area contributed by atoms with Gasteiger partial charge >= 0.3 is 0 Å². The summed E-state index contributed by atoms with van der Waals surface area (Å²) in [5, 5.41) is 0.613. The monoisotopic (exact) mass is 362 g/mol. The Hall–Kier alpha value is -1.72. The van der Waals surface area contributed by atoms with Crippen molar-refractivity contribution in [3.05, 3.63) is 58.6 Å². The van der Waals surface area contributed by atoms with Crippen molar-refractivity contribution in [2.24, 2.45) is 0 Å². The highest BCUT2D eigenvalue weighted by Gasteiger charge is 2.33. The Labute approximate surface area is 147 Å². The molecule has 0 amide bonds. The molecule has 0 bridgehead atoms. The number of hydrogen-bond donors (Lipinski definition) is 0. The van der Waals surface area contributed by atoms with Crippen LogP contribution in [-0.4, -0.2) is 28.1 Å². The summed E-state index contributed by atoms with van der Waals surface area (Å²) in [4.78, 5) is 2.32. The van der Waals surface area contributed by atoms with Gasteiger partial charge in [0.1, 0.15) is 0 Å². The van der Waals surface area contributed by atoms with Crippen LogP contribution in [0.3, 0.4) is 0 Å². The number of anilines is 2. The van der Waals surface area contributed by atoms with E-state index < -0.39 is 10.0 Å². The molecule has 0 N–H and O–H groups in total. The van der Waals surface area contributed by atoms with Crippen molar-refractivity contribution < 1.29 is 8.42 Å². The van der Waals surface area contributed by atoms with Crippen molar-refractivity contribution >= 4 is 33.0 Å². The summed E-state index contributed by atoms with van der Waals surface area (Å²) < 4.78 is 27.6. The van der Waals surface area contributed by atoms with E-state index in [1.54, 1.807) is 28.6 Å². The molecule has 0 fully saturated rings. The van der Waals surface area contributed by atoms with Gasteiger partial charge in [0, 0.05) is 18.1 Å². The summed E-state index contributed by atoms with van der Waals surface area (Å²) in [6, 6.07) is 13.0. The molecule has 24 heavy (non-hydrogen) atoms. The highest BCUT2D eigenvalue weighted by atomic mass is 35.5. The number of para-hydroxylation sites is 1. The minimum Gasteiger partial charge on any atom is -0.368 e. The zero-order valence-electron chi connectivity index (χ0n) is 13.3. The molecule has 0 spiro atoms. The van der Waals surface area contributed by atoms with Gasteiger partial charge in [0.15, 0.2) is 0 Å². The third-order valence-corrected chi connectivity index (χ3v) is 6.73. The number of hydrogen-bond acceptors (Lipinski definition) is 3. The van der Waals surface area contributed by atoms with Gasteiger partial charge in [0.25, 0.3) is 0 Å². The molecule has 2 aliphatic heterocycles. The van der Waals surface area contributed by atoms with Crippen molar-refractivity contribution in [3.8, 4) is 0 Å². The van der Waals surface area contributed by atoms with E-state index in [0.717, 1.165) is 42.9 Å². The third kappa shape index (κ3) is 2.76. The molecule has 0 atom stereocenters. The van der Waals surface area contributed by atoms with Crippen LogP contribution in [0.2, 0.25) is 5.02 Å². The van der Waals surface area contributed by atoms with Crippen molar-refractivity contribution in [1.29, 1.82) is 0 Å². The van der Waals surface area contributed by atoms with Crippen LogP contribution in [-0.2, 0) is 22.2 Å². The normalized spacial score (nSPS) is 16.9. The predicted molar refractivity (Wildman–Crippen MR) is 98.4 cm³/mol. The number of rotatable bonds is 3. The molecule has 0 unspecified atom stereocenters. The molecule has 2 aliphatic rings. The molecule has 0 radical (unpaired) electrons. The first-order valence-electron chi connectivity index (χ1n) is 8.16. The van der Waals surface area contributed by atoms with Crippen molar-refractivity contribution in [2.45, 2.75) is 18.6 Å². The van der Waals surface area contributed by atoms with E-state index in [2.05, 4.69) is 11.0 Å². The molecule has 2 aromatic rings. The molecule has 0 saturated heterocycles. The summed E-state index contributed by atoms with van der Waals surface area (Å²) in [5.41, 5.74) is 3.94. The first-order valence-corrected chi connectivity index (χ1v) is 10.1. The Bertz CT molecular complexity index is 865. The van der Waals surface area contributed by atoms with Gasteiger partial charge in [-0.05, 0) is 42.2 Å². The quantitative estimate of drug-likeness (QED) is 0.839. The van der Waals surface area contributed by atoms with Crippen LogP contribution in [0.4, 0.5) is 11.4 Å². The fourth-order valence-corrected chi connectivity index (χ4v) is 5.33. The smallest absolute Gasteiger partial charge is 0.239 e. The van der Waals surface area contributed by atoms with Crippen LogP contribution in [0.5, 0.6) is 0 Å². The molecule has 126 valence electrons. The van der Waals surface area contributed by atoms with Crippen LogP contribution < -0.4 is 9.21 Å². The van der Waals surface area contributed by atoms with Gasteiger partial charge in [-0.15, -0.1) is 0 Å². The Kier molecular flexibility index (Phi) is 3.93. The second-order valence-corrected chi connectivity index (χ2v) is 8.66. The van der Waals surface area contributed by atoms with Crippen LogP contribution in [0.1, 0.15) is 17.5 Å². The van der Waals surface area contributed by atoms with E-state index in [4.69, 9.17) is 11.6 Å². The molecular formula is C18H19ClN2O2S. The lowest BCUT2D eigenvalue weighted by Gasteiger charge is -2.41. The van der Waals surface area contributed by atoms with Crippen molar-refractivity contribution in [1.82, 2.24) is 0 Å². The van der Waals surface area contributed by atoms with E-state index in [9.17, 15) is 8.42 Å². The molecule has 0 aromatic heterocycles. The SMILES string of the molecule is O=S(=O)(Cc1ccc(Cl)cc1)N1CCN2CCCc3cccc1c32. The Morgan fingerprint density at radius 2 is 1.79 bits per heavy atom. The Balaban J connectivity index is 1.70. The number of sulfonamides is 1. The minimum absolute atomic E-state index is 0.00611. The van der Waals surface area contributed by atoms with E-state index >= 15 is 0 Å². The van der Waals surface area contributed by atoms with Gasteiger partial charge in [-0.3, -0.25) is 4.31 Å². The molecule has 6 heteroatoms. The average molecular weight is 363 g/mol. The summed E-state index contributed by atoms with van der Waals surface area (Å²) in [7, 11) is -3.42. The zero-order valence-corrected chi connectivity index (χ0v) is 14.9. The molecule has 0 saturated carbocycles. The third-order valence-electron chi connectivity index (χ3n) is 4.73. The van der Waals surface area contributed by atoms with Crippen LogP contribution >= 0.6 is 11.6 Å². The summed E-state index contributed by atoms with van der Waals surface area (Å²) in [6.07, 6.45) is 2.15. The lowest BCUT2D eigenvalue weighted by molar-refractivity contribution is 0.585. The first kappa shape index (κ1) is 15.8. The topological polar surface area (TPSA) is 40.6 Å². The standard InChI is InChI=1S/C18H19ClN2O2S/c19-16-8-6-14(7-9-16)13-24(22,23)21-12-11-20-10-2-4-15-3-1-5-17(21)18(15)20/h1,3,5-9H,2,4,10-13H2. The van der Waals surface area contributed by atoms with Gasteiger partial charge in [0.05, 0.1) is 23.7 Å². The highest BCUT2D eigenvalue weighted by molar-refractivity contribution is 7.92. The predicted octanol–water partition coefficient (Wildman–Crippen LogP) is 3.44. The maximum atomic E-state index is 13.0. The molecule has 4 rings (SSSR count). The summed E-state index contributed by atoms with van der Waals surface area (Å²) in [6.45, 7) is 2.27. The summed E-state index contributed by atoms with van der Waals surface area (Å²) in [5.74, 6) is -0.00611. The molecule has 2 heterocycles. The number of aryl methyl sites for hydroxylation is 1. The number of halogens is 1. The second-order valence-electron chi connectivity index (χ2n) is 6.33. The molecule has 2 aromatic carbocycles.